The molecule has 0 atom stereocenters. The zero-order chi connectivity index (χ0) is 9.23. The summed E-state index contributed by atoms with van der Waals surface area (Å²) in [6.45, 7) is 10.6. The SMILES string of the molecule is C=C(C)OCCOCCOCC. The van der Waals surface area contributed by atoms with Gasteiger partial charge in [0.05, 0.1) is 25.6 Å². The summed E-state index contributed by atoms with van der Waals surface area (Å²) in [7, 11) is 0. The quantitative estimate of drug-likeness (QED) is 0.413. The minimum absolute atomic E-state index is 0.571. The second-order valence-electron chi connectivity index (χ2n) is 2.36. The fraction of sp³-hybridized carbons (Fsp3) is 0.778. The molecule has 0 heterocycles. The fourth-order valence-electron chi connectivity index (χ4n) is 0.639. The van der Waals surface area contributed by atoms with Crippen molar-refractivity contribution in [1.29, 1.82) is 0 Å². The van der Waals surface area contributed by atoms with E-state index < -0.39 is 0 Å². The molecule has 0 spiro atoms. The lowest BCUT2D eigenvalue weighted by Gasteiger charge is -2.05. The molecule has 0 radical (unpaired) electrons. The summed E-state index contributed by atoms with van der Waals surface area (Å²) in [5, 5.41) is 0. The van der Waals surface area contributed by atoms with Gasteiger partial charge >= 0.3 is 0 Å². The molecule has 3 heteroatoms. The Hall–Kier alpha value is -0.540. The van der Waals surface area contributed by atoms with Gasteiger partial charge in [-0.2, -0.15) is 0 Å². The van der Waals surface area contributed by atoms with Gasteiger partial charge in [-0.25, -0.2) is 0 Å². The molecule has 0 saturated carbocycles. The first-order valence-electron chi connectivity index (χ1n) is 4.21. The van der Waals surface area contributed by atoms with Crippen molar-refractivity contribution in [3.05, 3.63) is 12.3 Å². The highest BCUT2D eigenvalue weighted by molar-refractivity contribution is 4.72. The van der Waals surface area contributed by atoms with Crippen LogP contribution in [-0.2, 0) is 14.2 Å². The normalized spacial score (nSPS) is 9.83. The molecule has 0 aliphatic rings. The van der Waals surface area contributed by atoms with E-state index in [1.807, 2.05) is 13.8 Å². The molecule has 0 rings (SSSR count). The Balaban J connectivity index is 2.86. The standard InChI is InChI=1S/C9H18O3/c1-4-10-5-6-11-7-8-12-9(2)3/h2,4-8H2,1,3H3. The Morgan fingerprint density at radius 3 is 2.25 bits per heavy atom. The van der Waals surface area contributed by atoms with E-state index in [4.69, 9.17) is 14.2 Å². The van der Waals surface area contributed by atoms with Gasteiger partial charge in [-0.1, -0.05) is 6.58 Å². The molecule has 3 nitrogen and oxygen atoms in total. The predicted octanol–water partition coefficient (Wildman–Crippen LogP) is 1.59. The summed E-state index contributed by atoms with van der Waals surface area (Å²) >= 11 is 0. The largest absolute Gasteiger partial charge is 0.496 e. The third-order valence-corrected chi connectivity index (χ3v) is 1.15. The van der Waals surface area contributed by atoms with Crippen molar-refractivity contribution in [2.24, 2.45) is 0 Å². The summed E-state index contributed by atoms with van der Waals surface area (Å²) in [6.07, 6.45) is 0. The van der Waals surface area contributed by atoms with E-state index in [0.717, 1.165) is 12.4 Å². The van der Waals surface area contributed by atoms with E-state index in [0.29, 0.717) is 26.4 Å². The molecule has 72 valence electrons. The molecule has 0 fully saturated rings. The van der Waals surface area contributed by atoms with Gasteiger partial charge in [0.1, 0.15) is 6.61 Å². The highest BCUT2D eigenvalue weighted by atomic mass is 16.5. The van der Waals surface area contributed by atoms with Crippen LogP contribution in [0.1, 0.15) is 13.8 Å². The van der Waals surface area contributed by atoms with E-state index in [9.17, 15) is 0 Å². The highest BCUT2D eigenvalue weighted by Crippen LogP contribution is 1.89. The summed E-state index contributed by atoms with van der Waals surface area (Å²) in [4.78, 5) is 0. The van der Waals surface area contributed by atoms with Crippen LogP contribution in [0.25, 0.3) is 0 Å². The van der Waals surface area contributed by atoms with Crippen molar-refractivity contribution in [3.63, 3.8) is 0 Å². The van der Waals surface area contributed by atoms with Crippen LogP contribution < -0.4 is 0 Å². The Morgan fingerprint density at radius 1 is 1.08 bits per heavy atom. The van der Waals surface area contributed by atoms with Crippen molar-refractivity contribution >= 4 is 0 Å². The monoisotopic (exact) mass is 174 g/mol. The first kappa shape index (κ1) is 11.5. The van der Waals surface area contributed by atoms with Crippen LogP contribution in [0, 0.1) is 0 Å². The number of allylic oxidation sites excluding steroid dienone is 1. The molecular formula is C9H18O3. The Labute approximate surface area is 74.3 Å². The van der Waals surface area contributed by atoms with Crippen molar-refractivity contribution in [1.82, 2.24) is 0 Å². The molecule has 0 aliphatic heterocycles. The smallest absolute Gasteiger partial charge is 0.111 e. The third-order valence-electron chi connectivity index (χ3n) is 1.15. The lowest BCUT2D eigenvalue weighted by molar-refractivity contribution is 0.0308. The molecule has 0 unspecified atom stereocenters. The van der Waals surface area contributed by atoms with Gasteiger partial charge in [0, 0.05) is 6.61 Å². The van der Waals surface area contributed by atoms with Crippen molar-refractivity contribution in [2.75, 3.05) is 33.0 Å². The zero-order valence-corrected chi connectivity index (χ0v) is 7.97. The highest BCUT2D eigenvalue weighted by Gasteiger charge is 1.89. The van der Waals surface area contributed by atoms with Crippen LogP contribution in [0.3, 0.4) is 0 Å². The molecule has 0 aromatic rings. The van der Waals surface area contributed by atoms with Crippen molar-refractivity contribution in [3.8, 4) is 0 Å². The zero-order valence-electron chi connectivity index (χ0n) is 7.97. The number of ether oxygens (including phenoxy) is 3. The van der Waals surface area contributed by atoms with Crippen LogP contribution in [0.2, 0.25) is 0 Å². The van der Waals surface area contributed by atoms with Gasteiger partial charge in [-0.3, -0.25) is 0 Å². The molecule has 0 amide bonds. The molecule has 0 aromatic carbocycles. The minimum Gasteiger partial charge on any atom is -0.496 e. The van der Waals surface area contributed by atoms with E-state index in [1.165, 1.54) is 0 Å². The van der Waals surface area contributed by atoms with E-state index in [1.54, 1.807) is 0 Å². The maximum absolute atomic E-state index is 5.20. The van der Waals surface area contributed by atoms with Gasteiger partial charge < -0.3 is 14.2 Å². The second-order valence-corrected chi connectivity index (χ2v) is 2.36. The maximum Gasteiger partial charge on any atom is 0.111 e. The Kier molecular flexibility index (Phi) is 8.17. The van der Waals surface area contributed by atoms with Crippen LogP contribution in [-0.4, -0.2) is 33.0 Å². The van der Waals surface area contributed by atoms with Gasteiger partial charge in [-0.15, -0.1) is 0 Å². The number of hydrogen-bond donors (Lipinski definition) is 0. The van der Waals surface area contributed by atoms with Gasteiger partial charge in [0.15, 0.2) is 0 Å². The minimum atomic E-state index is 0.571. The Morgan fingerprint density at radius 2 is 1.67 bits per heavy atom. The average molecular weight is 174 g/mol. The van der Waals surface area contributed by atoms with Crippen LogP contribution >= 0.6 is 0 Å². The molecule has 0 bridgehead atoms. The van der Waals surface area contributed by atoms with E-state index in [2.05, 4.69) is 6.58 Å². The van der Waals surface area contributed by atoms with Gasteiger partial charge in [0.2, 0.25) is 0 Å². The van der Waals surface area contributed by atoms with Crippen LogP contribution in [0.15, 0.2) is 12.3 Å². The first-order valence-corrected chi connectivity index (χ1v) is 4.21. The molecular weight excluding hydrogens is 156 g/mol. The summed E-state index contributed by atoms with van der Waals surface area (Å²) < 4.78 is 15.4. The topological polar surface area (TPSA) is 27.7 Å². The lowest BCUT2D eigenvalue weighted by Crippen LogP contribution is -2.08. The van der Waals surface area contributed by atoms with Crippen LogP contribution in [0.5, 0.6) is 0 Å². The Bertz CT molecular complexity index is 112. The third kappa shape index (κ3) is 9.46. The average Bonchev–Trinajstić information content (AvgIpc) is 2.02. The predicted molar refractivity (Wildman–Crippen MR) is 48.1 cm³/mol. The molecule has 0 aromatic heterocycles. The molecule has 0 aliphatic carbocycles. The molecule has 0 N–H and O–H groups in total. The van der Waals surface area contributed by atoms with E-state index in [-0.39, 0.29) is 0 Å². The van der Waals surface area contributed by atoms with Gasteiger partial charge in [-0.05, 0) is 13.8 Å². The second kappa shape index (κ2) is 8.56. The number of hydrogen-bond acceptors (Lipinski definition) is 3. The summed E-state index contributed by atoms with van der Waals surface area (Å²) in [6, 6.07) is 0. The van der Waals surface area contributed by atoms with Crippen molar-refractivity contribution in [2.45, 2.75) is 13.8 Å². The van der Waals surface area contributed by atoms with Crippen molar-refractivity contribution < 1.29 is 14.2 Å². The van der Waals surface area contributed by atoms with Gasteiger partial charge in [0.25, 0.3) is 0 Å². The fourth-order valence-corrected chi connectivity index (χ4v) is 0.639. The molecule has 0 saturated heterocycles. The first-order chi connectivity index (χ1) is 5.77. The maximum atomic E-state index is 5.20. The molecule has 12 heavy (non-hydrogen) atoms. The lowest BCUT2D eigenvalue weighted by atomic mass is 10.6. The van der Waals surface area contributed by atoms with E-state index >= 15 is 0 Å². The van der Waals surface area contributed by atoms with Crippen LogP contribution in [0.4, 0.5) is 0 Å². The number of rotatable bonds is 8. The summed E-state index contributed by atoms with van der Waals surface area (Å²) in [5.41, 5.74) is 0. The summed E-state index contributed by atoms with van der Waals surface area (Å²) in [5.74, 6) is 0.725.